The third kappa shape index (κ3) is 27.1. The number of allylic oxidation sites excluding steroid dienone is 2. The molecule has 1 aliphatic heterocycles. The Morgan fingerprint density at radius 2 is 0.967 bits per heavy atom. The minimum atomic E-state index is -1.79. The Hall–Kier alpha value is -1.19. The van der Waals surface area contributed by atoms with E-state index in [4.69, 9.17) is 9.47 Å². The number of ether oxygens (including phenoxy) is 2. The van der Waals surface area contributed by atoms with Crippen molar-refractivity contribution in [2.24, 2.45) is 0 Å². The monoisotopic (exact) mass is 860 g/mol. The number of nitrogens with one attached hydrogen (secondary N) is 1. The lowest BCUT2D eigenvalue weighted by Gasteiger charge is -2.40. The van der Waals surface area contributed by atoms with Gasteiger partial charge in [0, 0.05) is 0 Å². The van der Waals surface area contributed by atoms with Gasteiger partial charge >= 0.3 is 0 Å². The lowest BCUT2D eigenvalue weighted by Crippen LogP contribution is -2.60. The second-order valence-electron chi connectivity index (χ2n) is 17.7. The van der Waals surface area contributed by atoms with E-state index in [2.05, 4.69) is 31.3 Å². The molecule has 60 heavy (non-hydrogen) atoms. The first-order valence-electron chi connectivity index (χ1n) is 24.7. The fourth-order valence-electron chi connectivity index (χ4n) is 7.99. The van der Waals surface area contributed by atoms with Crippen LogP contribution in [0.25, 0.3) is 0 Å². The van der Waals surface area contributed by atoms with E-state index < -0.39 is 80.3 Å². The molecule has 0 aliphatic carbocycles. The number of aliphatic hydroxyl groups is 8. The van der Waals surface area contributed by atoms with Gasteiger partial charge in [0.2, 0.25) is 0 Å². The van der Waals surface area contributed by atoms with E-state index >= 15 is 0 Å². The highest BCUT2D eigenvalue weighted by molar-refractivity contribution is 5.81. The van der Waals surface area contributed by atoms with Crippen molar-refractivity contribution in [2.45, 2.75) is 274 Å². The SMILES string of the molecule is CCCCCC/C=C\CCCCCCCCCCCCC[C@@H](O)[C@@H](O)C(=O)N[C@@H](CO[C@@H]1O[C@H](CO)[C@@H](O)[C@H](O)[C@H]1O)[C@H](O)[C@H](O)CCCCCCCCCCCCCC. The van der Waals surface area contributed by atoms with Gasteiger partial charge in [0.1, 0.15) is 30.5 Å². The number of carbonyl (C=O) groups is 1. The molecule has 0 radical (unpaired) electrons. The van der Waals surface area contributed by atoms with Gasteiger partial charge < -0.3 is 55.6 Å². The van der Waals surface area contributed by atoms with Gasteiger partial charge in [-0.25, -0.2) is 0 Å². The lowest BCUT2D eigenvalue weighted by atomic mass is 9.98. The summed E-state index contributed by atoms with van der Waals surface area (Å²) >= 11 is 0. The number of aliphatic hydroxyl groups excluding tert-OH is 8. The highest BCUT2D eigenvalue weighted by atomic mass is 16.7. The average Bonchev–Trinajstić information content (AvgIpc) is 3.25. The van der Waals surface area contributed by atoms with Crippen molar-refractivity contribution >= 4 is 5.91 Å². The summed E-state index contributed by atoms with van der Waals surface area (Å²) in [6, 6.07) is -1.29. The van der Waals surface area contributed by atoms with Crippen LogP contribution < -0.4 is 5.32 Å². The first kappa shape index (κ1) is 56.8. The van der Waals surface area contributed by atoms with Crippen LogP contribution in [-0.4, -0.2) is 121 Å². The molecule has 12 nitrogen and oxygen atoms in total. The molecule has 0 aromatic rings. The van der Waals surface area contributed by atoms with Crippen LogP contribution in [0.2, 0.25) is 0 Å². The number of hydrogen-bond acceptors (Lipinski definition) is 11. The minimum absolute atomic E-state index is 0.221. The summed E-state index contributed by atoms with van der Waals surface area (Å²) in [4.78, 5) is 13.1. The van der Waals surface area contributed by atoms with E-state index in [0.29, 0.717) is 12.8 Å². The molecular weight excluding hydrogens is 767 g/mol. The highest BCUT2D eigenvalue weighted by Gasteiger charge is 2.44. The van der Waals surface area contributed by atoms with Crippen molar-refractivity contribution < 1.29 is 55.1 Å². The number of amides is 1. The lowest BCUT2D eigenvalue weighted by molar-refractivity contribution is -0.303. The van der Waals surface area contributed by atoms with E-state index in [0.717, 1.165) is 38.5 Å². The highest BCUT2D eigenvalue weighted by Crippen LogP contribution is 2.23. The molecule has 1 aliphatic rings. The Morgan fingerprint density at radius 3 is 1.42 bits per heavy atom. The van der Waals surface area contributed by atoms with E-state index in [1.54, 1.807) is 0 Å². The Kier molecular flexibility index (Phi) is 36.3. The third-order valence-electron chi connectivity index (χ3n) is 12.2. The van der Waals surface area contributed by atoms with Gasteiger partial charge in [-0.1, -0.05) is 187 Å². The predicted molar refractivity (Wildman–Crippen MR) is 239 cm³/mol. The summed E-state index contributed by atoms with van der Waals surface area (Å²) < 4.78 is 11.0. The maximum Gasteiger partial charge on any atom is 0.251 e. The van der Waals surface area contributed by atoms with Gasteiger partial charge in [-0.15, -0.1) is 0 Å². The second kappa shape index (κ2) is 38.3. The number of unbranched alkanes of at least 4 members (excludes halogenated alkanes) is 26. The van der Waals surface area contributed by atoms with Crippen LogP contribution in [0.3, 0.4) is 0 Å². The first-order valence-corrected chi connectivity index (χ1v) is 24.7. The van der Waals surface area contributed by atoms with E-state index in [-0.39, 0.29) is 12.8 Å². The largest absolute Gasteiger partial charge is 0.394 e. The fraction of sp³-hybridized carbons (Fsp3) is 0.938. The molecular formula is C48H93NO11. The minimum Gasteiger partial charge on any atom is -0.394 e. The van der Waals surface area contributed by atoms with Crippen molar-refractivity contribution in [1.29, 1.82) is 0 Å². The molecule has 356 valence electrons. The van der Waals surface area contributed by atoms with Crippen LogP contribution in [0.1, 0.15) is 213 Å². The van der Waals surface area contributed by atoms with E-state index in [9.17, 15) is 45.6 Å². The average molecular weight is 860 g/mol. The summed E-state index contributed by atoms with van der Waals surface area (Å²) in [5.74, 6) is -0.948. The Labute approximate surface area is 364 Å². The van der Waals surface area contributed by atoms with Crippen LogP contribution in [-0.2, 0) is 14.3 Å². The molecule has 10 atom stereocenters. The van der Waals surface area contributed by atoms with E-state index in [1.807, 2.05) is 0 Å². The van der Waals surface area contributed by atoms with Crippen LogP contribution in [0.15, 0.2) is 12.2 Å². The van der Waals surface area contributed by atoms with Crippen molar-refractivity contribution in [3.63, 3.8) is 0 Å². The number of hydrogen-bond donors (Lipinski definition) is 9. The second-order valence-corrected chi connectivity index (χ2v) is 17.7. The molecule has 1 saturated heterocycles. The van der Waals surface area contributed by atoms with Gasteiger partial charge in [0.15, 0.2) is 12.4 Å². The Bertz CT molecular complexity index is 1000. The molecule has 0 spiro atoms. The summed E-state index contributed by atoms with van der Waals surface area (Å²) in [6.07, 6.45) is 25.5. The van der Waals surface area contributed by atoms with Crippen molar-refractivity contribution in [2.75, 3.05) is 13.2 Å². The van der Waals surface area contributed by atoms with Crippen LogP contribution in [0.4, 0.5) is 0 Å². The molecule has 1 rings (SSSR count). The molecule has 1 fully saturated rings. The smallest absolute Gasteiger partial charge is 0.251 e. The quantitative estimate of drug-likeness (QED) is 0.0218. The molecule has 9 N–H and O–H groups in total. The van der Waals surface area contributed by atoms with Gasteiger partial charge in [-0.2, -0.15) is 0 Å². The predicted octanol–water partition coefficient (Wildman–Crippen LogP) is 7.42. The van der Waals surface area contributed by atoms with Crippen LogP contribution >= 0.6 is 0 Å². The molecule has 0 saturated carbocycles. The number of carbonyl (C=O) groups excluding carboxylic acids is 1. The maximum atomic E-state index is 13.1. The van der Waals surface area contributed by atoms with Crippen molar-refractivity contribution in [3.05, 3.63) is 12.2 Å². The maximum absolute atomic E-state index is 13.1. The van der Waals surface area contributed by atoms with E-state index in [1.165, 1.54) is 135 Å². The molecule has 12 heteroatoms. The third-order valence-corrected chi connectivity index (χ3v) is 12.2. The first-order chi connectivity index (χ1) is 29.1. The van der Waals surface area contributed by atoms with Gasteiger partial charge in [-0.3, -0.25) is 4.79 Å². The standard InChI is InChI=1S/C48H93NO11/c1-3-5-7-9-11-13-15-17-18-19-20-21-22-23-25-27-29-31-33-35-40(52)43(54)47(58)49-38(37-59-48-46(57)45(56)44(55)41(36-50)60-48)42(53)39(51)34-32-30-28-26-24-16-14-12-10-8-6-4-2/h13,15,38-46,48,50-57H,3-12,14,16-37H2,1-2H3,(H,49,58)/b15-13-/t38-,39+,40+,41+,42-,43+,44+,45-,46+,48+/m0/s1. The van der Waals surface area contributed by atoms with Crippen molar-refractivity contribution in [1.82, 2.24) is 5.32 Å². The summed E-state index contributed by atoms with van der Waals surface area (Å²) in [7, 11) is 0. The molecule has 0 aromatic carbocycles. The topological polar surface area (TPSA) is 209 Å². The summed E-state index contributed by atoms with van der Waals surface area (Å²) in [5.41, 5.74) is 0. The Morgan fingerprint density at radius 1 is 0.567 bits per heavy atom. The van der Waals surface area contributed by atoms with Gasteiger partial charge in [-0.05, 0) is 38.5 Å². The number of rotatable bonds is 41. The van der Waals surface area contributed by atoms with Gasteiger partial charge in [0.05, 0.1) is 31.5 Å². The normalized spacial score (nSPS) is 22.2. The molecule has 0 bridgehead atoms. The molecule has 0 aromatic heterocycles. The zero-order valence-electron chi connectivity index (χ0n) is 38.1. The van der Waals surface area contributed by atoms with Crippen molar-refractivity contribution in [3.8, 4) is 0 Å². The molecule has 1 heterocycles. The molecule has 1 amide bonds. The Balaban J connectivity index is 2.44. The van der Waals surface area contributed by atoms with Crippen LogP contribution in [0, 0.1) is 0 Å². The summed E-state index contributed by atoms with van der Waals surface area (Å²) in [6.45, 7) is 3.30. The van der Waals surface area contributed by atoms with Crippen LogP contribution in [0.5, 0.6) is 0 Å². The zero-order chi connectivity index (χ0) is 44.2. The summed E-state index contributed by atoms with van der Waals surface area (Å²) in [5, 5.41) is 86.3. The fourth-order valence-corrected chi connectivity index (χ4v) is 7.99. The zero-order valence-corrected chi connectivity index (χ0v) is 38.1. The molecule has 0 unspecified atom stereocenters. The van der Waals surface area contributed by atoms with Gasteiger partial charge in [0.25, 0.3) is 5.91 Å².